The maximum Gasteiger partial charge on any atom is 0.338 e. The summed E-state index contributed by atoms with van der Waals surface area (Å²) in [5.41, 5.74) is 0.619. The minimum Gasteiger partial charge on any atom is -0.454 e. The first kappa shape index (κ1) is 17.1. The van der Waals surface area contributed by atoms with E-state index >= 15 is 0 Å². The first-order chi connectivity index (χ1) is 11.4. The van der Waals surface area contributed by atoms with E-state index in [1.165, 1.54) is 12.1 Å². The average molecular weight is 328 g/mol. The van der Waals surface area contributed by atoms with Crippen molar-refractivity contribution in [2.75, 3.05) is 25.6 Å². The quantitative estimate of drug-likeness (QED) is 0.350. The standard InChI is InChI=1S/C17H16N2O5/c1-18(2)14-9-8-13(10-15(14)19(22)23)17(21)24-11-16(20)12-6-4-3-5-7-12/h3-10H,11H2,1-2H3. The zero-order valence-electron chi connectivity index (χ0n) is 13.3. The summed E-state index contributed by atoms with van der Waals surface area (Å²) < 4.78 is 4.95. The van der Waals surface area contributed by atoms with E-state index < -0.39 is 17.5 Å². The fourth-order valence-electron chi connectivity index (χ4n) is 2.10. The molecule has 0 heterocycles. The molecular formula is C17H16N2O5. The van der Waals surface area contributed by atoms with E-state index in [4.69, 9.17) is 4.74 Å². The van der Waals surface area contributed by atoms with Gasteiger partial charge in [-0.15, -0.1) is 0 Å². The van der Waals surface area contributed by atoms with Crippen LogP contribution in [-0.2, 0) is 4.74 Å². The smallest absolute Gasteiger partial charge is 0.338 e. The van der Waals surface area contributed by atoms with Gasteiger partial charge in [-0.3, -0.25) is 14.9 Å². The number of hydrogen-bond acceptors (Lipinski definition) is 6. The Kier molecular flexibility index (Phi) is 5.26. The molecule has 7 nitrogen and oxygen atoms in total. The molecule has 0 bridgehead atoms. The minimum absolute atomic E-state index is 0.0214. The van der Waals surface area contributed by atoms with E-state index in [1.807, 2.05) is 0 Å². The lowest BCUT2D eigenvalue weighted by molar-refractivity contribution is -0.384. The highest BCUT2D eigenvalue weighted by Gasteiger charge is 2.20. The number of nitro groups is 1. The summed E-state index contributed by atoms with van der Waals surface area (Å²) in [5.74, 6) is -1.13. The number of Topliss-reactive ketones (excluding diaryl/α,β-unsaturated/α-hetero) is 1. The lowest BCUT2D eigenvalue weighted by Crippen LogP contribution is -2.15. The highest BCUT2D eigenvalue weighted by Crippen LogP contribution is 2.27. The van der Waals surface area contributed by atoms with Gasteiger partial charge in [0.25, 0.3) is 5.69 Å². The van der Waals surface area contributed by atoms with E-state index in [9.17, 15) is 19.7 Å². The SMILES string of the molecule is CN(C)c1ccc(C(=O)OCC(=O)c2ccccc2)cc1[N+](=O)[O-]. The lowest BCUT2D eigenvalue weighted by Gasteiger charge is -2.13. The Hall–Kier alpha value is -3.22. The van der Waals surface area contributed by atoms with Crippen LogP contribution in [0.1, 0.15) is 20.7 Å². The average Bonchev–Trinajstić information content (AvgIpc) is 2.59. The predicted octanol–water partition coefficient (Wildman–Crippen LogP) is 2.70. The number of ether oxygens (including phenoxy) is 1. The first-order valence-corrected chi connectivity index (χ1v) is 7.11. The van der Waals surface area contributed by atoms with Crippen LogP contribution >= 0.6 is 0 Å². The van der Waals surface area contributed by atoms with Gasteiger partial charge in [0.1, 0.15) is 5.69 Å². The van der Waals surface area contributed by atoms with Crippen molar-refractivity contribution in [2.45, 2.75) is 0 Å². The van der Waals surface area contributed by atoms with Crippen molar-refractivity contribution in [1.82, 2.24) is 0 Å². The number of esters is 1. The molecule has 0 N–H and O–H groups in total. The fourth-order valence-corrected chi connectivity index (χ4v) is 2.10. The van der Waals surface area contributed by atoms with Gasteiger partial charge in [-0.05, 0) is 12.1 Å². The van der Waals surface area contributed by atoms with Gasteiger partial charge in [0, 0.05) is 25.7 Å². The monoisotopic (exact) mass is 328 g/mol. The summed E-state index contributed by atoms with van der Waals surface area (Å²) in [6, 6.07) is 12.5. The second-order valence-corrected chi connectivity index (χ2v) is 5.22. The Morgan fingerprint density at radius 3 is 2.33 bits per heavy atom. The van der Waals surface area contributed by atoms with Crippen molar-refractivity contribution in [1.29, 1.82) is 0 Å². The van der Waals surface area contributed by atoms with Crippen molar-refractivity contribution < 1.29 is 19.2 Å². The summed E-state index contributed by atoms with van der Waals surface area (Å²) in [5, 5.41) is 11.1. The molecule has 0 saturated heterocycles. The number of hydrogen-bond donors (Lipinski definition) is 0. The number of nitrogens with zero attached hydrogens (tertiary/aromatic N) is 2. The van der Waals surface area contributed by atoms with Crippen LogP contribution in [0.3, 0.4) is 0 Å². The normalized spacial score (nSPS) is 10.1. The molecule has 2 rings (SSSR count). The van der Waals surface area contributed by atoms with Crippen LogP contribution in [0, 0.1) is 10.1 Å². The van der Waals surface area contributed by atoms with E-state index in [1.54, 1.807) is 49.3 Å². The summed E-state index contributed by atoms with van der Waals surface area (Å²) >= 11 is 0. The van der Waals surface area contributed by atoms with Crippen LogP contribution in [0.25, 0.3) is 0 Å². The third-order valence-electron chi connectivity index (χ3n) is 3.32. The number of carbonyl (C=O) groups is 2. The van der Waals surface area contributed by atoms with E-state index in [0.717, 1.165) is 6.07 Å². The number of nitro benzene ring substituents is 1. The molecule has 0 aromatic heterocycles. The summed E-state index contributed by atoms with van der Waals surface area (Å²) in [7, 11) is 3.33. The van der Waals surface area contributed by atoms with E-state index in [0.29, 0.717) is 11.3 Å². The molecule has 0 fully saturated rings. The van der Waals surface area contributed by atoms with Gasteiger partial charge in [0.15, 0.2) is 12.4 Å². The first-order valence-electron chi connectivity index (χ1n) is 7.11. The van der Waals surface area contributed by atoms with Gasteiger partial charge in [0.2, 0.25) is 0 Å². The number of ketones is 1. The third-order valence-corrected chi connectivity index (χ3v) is 3.32. The minimum atomic E-state index is -0.785. The molecule has 0 aliphatic carbocycles. The van der Waals surface area contributed by atoms with Crippen LogP contribution in [0.4, 0.5) is 11.4 Å². The topological polar surface area (TPSA) is 89.8 Å². The van der Waals surface area contributed by atoms with Crippen LogP contribution in [0.5, 0.6) is 0 Å². The second-order valence-electron chi connectivity index (χ2n) is 5.22. The molecule has 0 aliphatic rings. The zero-order valence-corrected chi connectivity index (χ0v) is 13.3. The molecular weight excluding hydrogens is 312 g/mol. The molecule has 124 valence electrons. The Morgan fingerprint density at radius 1 is 1.08 bits per heavy atom. The number of benzene rings is 2. The van der Waals surface area contributed by atoms with Crippen LogP contribution < -0.4 is 4.90 Å². The molecule has 0 spiro atoms. The van der Waals surface area contributed by atoms with Gasteiger partial charge < -0.3 is 9.64 Å². The third kappa shape index (κ3) is 3.95. The van der Waals surface area contributed by atoms with Gasteiger partial charge in [-0.25, -0.2) is 4.79 Å². The number of carbonyl (C=O) groups excluding carboxylic acids is 2. The van der Waals surface area contributed by atoms with Crippen molar-refractivity contribution in [3.8, 4) is 0 Å². The van der Waals surface area contributed by atoms with E-state index in [2.05, 4.69) is 0 Å². The number of anilines is 1. The Bertz CT molecular complexity index is 772. The Morgan fingerprint density at radius 2 is 1.75 bits per heavy atom. The van der Waals surface area contributed by atoms with Crippen LogP contribution in [0.15, 0.2) is 48.5 Å². The number of rotatable bonds is 6. The molecule has 24 heavy (non-hydrogen) atoms. The largest absolute Gasteiger partial charge is 0.454 e. The van der Waals surface area contributed by atoms with Gasteiger partial charge in [0.05, 0.1) is 10.5 Å². The van der Waals surface area contributed by atoms with Gasteiger partial charge in [-0.2, -0.15) is 0 Å². The van der Waals surface area contributed by atoms with Crippen molar-refractivity contribution >= 4 is 23.1 Å². The molecule has 0 unspecified atom stereocenters. The van der Waals surface area contributed by atoms with Crippen molar-refractivity contribution in [2.24, 2.45) is 0 Å². The van der Waals surface area contributed by atoms with Gasteiger partial charge >= 0.3 is 5.97 Å². The highest BCUT2D eigenvalue weighted by atomic mass is 16.6. The molecule has 0 aliphatic heterocycles. The Balaban J connectivity index is 2.11. The molecule has 0 amide bonds. The summed E-state index contributed by atoms with van der Waals surface area (Å²) in [4.78, 5) is 36.1. The van der Waals surface area contributed by atoms with Crippen molar-refractivity contribution in [3.63, 3.8) is 0 Å². The van der Waals surface area contributed by atoms with Crippen LogP contribution in [-0.4, -0.2) is 37.4 Å². The maximum atomic E-state index is 12.0. The fraction of sp³-hybridized carbons (Fsp3) is 0.176. The summed E-state index contributed by atoms with van der Waals surface area (Å²) in [6.07, 6.45) is 0. The Labute approximate surface area is 138 Å². The molecule has 2 aromatic rings. The second kappa shape index (κ2) is 7.36. The predicted molar refractivity (Wildman–Crippen MR) is 88.5 cm³/mol. The molecule has 7 heteroatoms. The lowest BCUT2D eigenvalue weighted by atomic mass is 10.1. The van der Waals surface area contributed by atoms with E-state index in [-0.39, 0.29) is 17.0 Å². The maximum absolute atomic E-state index is 12.0. The molecule has 0 atom stereocenters. The molecule has 0 saturated carbocycles. The molecule has 2 aromatic carbocycles. The van der Waals surface area contributed by atoms with Gasteiger partial charge in [-0.1, -0.05) is 30.3 Å². The van der Waals surface area contributed by atoms with Crippen LogP contribution in [0.2, 0.25) is 0 Å². The van der Waals surface area contributed by atoms with Crippen molar-refractivity contribution in [3.05, 3.63) is 69.8 Å². The molecule has 0 radical (unpaired) electrons. The highest BCUT2D eigenvalue weighted by molar-refractivity contribution is 5.99. The zero-order chi connectivity index (χ0) is 17.7. The summed E-state index contributed by atoms with van der Waals surface area (Å²) in [6.45, 7) is -0.425.